The summed E-state index contributed by atoms with van der Waals surface area (Å²) in [6, 6.07) is 0. The van der Waals surface area contributed by atoms with Gasteiger partial charge in [-0.1, -0.05) is 226 Å². The first-order chi connectivity index (χ1) is 40.6. The summed E-state index contributed by atoms with van der Waals surface area (Å²) >= 11 is 0. The fourth-order valence-electron chi connectivity index (χ4n) is 9.09. The van der Waals surface area contributed by atoms with E-state index in [4.69, 9.17) is 23.7 Å². The van der Waals surface area contributed by atoms with Crippen LogP contribution < -0.4 is 0 Å². The molecule has 0 spiro atoms. The van der Waals surface area contributed by atoms with Gasteiger partial charge in [0.05, 0.1) is 6.61 Å². The summed E-state index contributed by atoms with van der Waals surface area (Å²) in [4.78, 5) is 51.3. The van der Waals surface area contributed by atoms with E-state index >= 15 is 0 Å². The lowest BCUT2D eigenvalue weighted by molar-refractivity contribution is -0.301. The number of allylic oxidation sites excluding steroid dienone is 20. The third kappa shape index (κ3) is 47.1. The van der Waals surface area contributed by atoms with Crippen LogP contribution in [0.5, 0.6) is 0 Å². The van der Waals surface area contributed by atoms with Crippen molar-refractivity contribution in [2.75, 3.05) is 13.2 Å². The van der Waals surface area contributed by atoms with Crippen molar-refractivity contribution in [3.05, 3.63) is 122 Å². The van der Waals surface area contributed by atoms with Crippen molar-refractivity contribution in [2.45, 2.75) is 289 Å². The summed E-state index contributed by atoms with van der Waals surface area (Å²) in [5, 5.41) is 31.6. The van der Waals surface area contributed by atoms with Crippen LogP contribution in [0.1, 0.15) is 252 Å². The minimum atomic E-state index is -1.93. The normalized spacial score (nSPS) is 18.4. The Morgan fingerprint density at radius 3 is 1.20 bits per heavy atom. The maximum Gasteiger partial charge on any atom is 0.335 e. The van der Waals surface area contributed by atoms with Gasteiger partial charge in [-0.2, -0.15) is 0 Å². The predicted molar refractivity (Wildman–Crippen MR) is 340 cm³/mol. The quantitative estimate of drug-likeness (QED) is 0.0228. The first kappa shape index (κ1) is 76.1. The molecule has 1 fully saturated rings. The highest BCUT2D eigenvalue weighted by Gasteiger charge is 2.50. The molecule has 0 aromatic rings. The number of esters is 3. The summed E-state index contributed by atoms with van der Waals surface area (Å²) in [5.74, 6) is -3.23. The number of carbonyl (C=O) groups excluding carboxylic acids is 3. The van der Waals surface area contributed by atoms with Crippen LogP contribution in [-0.2, 0) is 42.9 Å². The third-order valence-electron chi connectivity index (χ3n) is 14.0. The van der Waals surface area contributed by atoms with Crippen molar-refractivity contribution in [3.63, 3.8) is 0 Å². The standard InChI is InChI=1S/C71H114O12/c1-4-7-10-13-16-19-22-25-28-30-32-34-37-39-42-45-48-51-54-57-63(72)79-60-62(81-64(73)58-55-52-49-46-43-40-36-27-24-21-18-15-12-9-6-3)61-80-71-69(67(76)66(75)68(83-71)70(77)78)82-65(74)59-56-53-50-47-44-41-38-35-33-31-29-26-23-20-17-14-11-8-5-2/h8-9,11-12,17-18,20-21,25-29,33,35-36,41,43-44,46,62,66-69,71,75-76H,4-7,10,13-16,19,22-24,30-32,34,37-40,42,45,47-61H2,1-3H3,(H,77,78)/b11-8-,12-9-,20-17-,21-18-,28-25-,29-26-,35-33-,36-27-,44-41-,46-43-. The van der Waals surface area contributed by atoms with Crippen molar-refractivity contribution >= 4 is 23.9 Å². The molecule has 0 aliphatic carbocycles. The smallest absolute Gasteiger partial charge is 0.335 e. The fraction of sp³-hybridized carbons (Fsp3) is 0.662. The third-order valence-corrected chi connectivity index (χ3v) is 14.0. The zero-order valence-corrected chi connectivity index (χ0v) is 51.9. The van der Waals surface area contributed by atoms with Crippen LogP contribution in [-0.4, -0.2) is 89.2 Å². The van der Waals surface area contributed by atoms with E-state index in [1.54, 1.807) is 0 Å². The zero-order valence-electron chi connectivity index (χ0n) is 51.9. The van der Waals surface area contributed by atoms with Gasteiger partial charge in [0.25, 0.3) is 0 Å². The summed E-state index contributed by atoms with van der Waals surface area (Å²) < 4.78 is 28.4. The van der Waals surface area contributed by atoms with Gasteiger partial charge in [-0.05, 0) is 128 Å². The Morgan fingerprint density at radius 1 is 0.410 bits per heavy atom. The predicted octanol–water partition coefficient (Wildman–Crippen LogP) is 17.6. The molecule has 12 nitrogen and oxygen atoms in total. The lowest BCUT2D eigenvalue weighted by Gasteiger charge is -2.40. The number of aliphatic hydroxyl groups excluding tert-OH is 2. The Balaban J connectivity index is 2.70. The molecule has 1 aliphatic heterocycles. The molecule has 6 atom stereocenters. The Kier molecular flexibility index (Phi) is 52.8. The SMILES string of the molecule is CC/C=C\C/C=C\C/C=C\C/C=C\C/C=C\CCCCCC(=O)OC1C(OCC(COC(=O)CCCCCCCCCCC/C=C\CCCCCCCC)OC(=O)CCCC/C=C\C/C=C\C/C=C\C/C=C\CC)OC(C(=O)O)C(O)C1O. The summed E-state index contributed by atoms with van der Waals surface area (Å²) in [6.45, 7) is 5.72. The van der Waals surface area contributed by atoms with Crippen molar-refractivity contribution in [1.29, 1.82) is 0 Å². The van der Waals surface area contributed by atoms with Crippen LogP contribution in [0.2, 0.25) is 0 Å². The second-order valence-corrected chi connectivity index (χ2v) is 21.6. The molecule has 83 heavy (non-hydrogen) atoms. The first-order valence-electron chi connectivity index (χ1n) is 32.5. The van der Waals surface area contributed by atoms with Gasteiger partial charge in [0.1, 0.15) is 18.8 Å². The van der Waals surface area contributed by atoms with E-state index in [1.165, 1.54) is 83.5 Å². The number of hydrogen-bond donors (Lipinski definition) is 3. The molecule has 12 heteroatoms. The molecule has 1 rings (SSSR count). The van der Waals surface area contributed by atoms with E-state index < -0.39 is 67.3 Å². The Labute approximate surface area is 503 Å². The Hall–Kier alpha value is -4.88. The number of carbonyl (C=O) groups is 4. The number of carboxylic acid groups (broad SMARTS) is 1. The van der Waals surface area contributed by atoms with Gasteiger partial charge in [0.15, 0.2) is 24.6 Å². The fourth-order valence-corrected chi connectivity index (χ4v) is 9.09. The molecule has 1 aliphatic rings. The molecule has 6 unspecified atom stereocenters. The average molecular weight is 1160 g/mol. The molecular formula is C71H114O12. The maximum absolute atomic E-state index is 13.2. The van der Waals surface area contributed by atoms with Crippen molar-refractivity contribution in [1.82, 2.24) is 0 Å². The summed E-state index contributed by atoms with van der Waals surface area (Å²) in [5.41, 5.74) is 0. The van der Waals surface area contributed by atoms with Crippen LogP contribution in [0.15, 0.2) is 122 Å². The lowest BCUT2D eigenvalue weighted by atomic mass is 9.98. The highest BCUT2D eigenvalue weighted by Crippen LogP contribution is 2.26. The van der Waals surface area contributed by atoms with Gasteiger partial charge in [-0.15, -0.1) is 0 Å². The van der Waals surface area contributed by atoms with Crippen LogP contribution in [0.4, 0.5) is 0 Å². The maximum atomic E-state index is 13.2. The van der Waals surface area contributed by atoms with Crippen LogP contribution >= 0.6 is 0 Å². The summed E-state index contributed by atoms with van der Waals surface area (Å²) in [6.07, 6.45) is 67.3. The van der Waals surface area contributed by atoms with Crippen molar-refractivity contribution in [2.24, 2.45) is 0 Å². The van der Waals surface area contributed by atoms with E-state index in [9.17, 15) is 34.5 Å². The first-order valence-corrected chi connectivity index (χ1v) is 32.5. The van der Waals surface area contributed by atoms with Gasteiger partial charge in [0, 0.05) is 19.3 Å². The second kappa shape index (κ2) is 57.5. The molecular weight excluding hydrogens is 1040 g/mol. The van der Waals surface area contributed by atoms with Crippen molar-refractivity contribution < 1.29 is 58.2 Å². The van der Waals surface area contributed by atoms with Crippen LogP contribution in [0.25, 0.3) is 0 Å². The molecule has 1 saturated heterocycles. The highest BCUT2D eigenvalue weighted by molar-refractivity contribution is 5.74. The van der Waals surface area contributed by atoms with E-state index in [2.05, 4.69) is 142 Å². The largest absolute Gasteiger partial charge is 0.479 e. The van der Waals surface area contributed by atoms with Crippen LogP contribution in [0, 0.1) is 0 Å². The lowest BCUT2D eigenvalue weighted by Crippen LogP contribution is -2.61. The molecule has 3 N–H and O–H groups in total. The summed E-state index contributed by atoms with van der Waals surface area (Å²) in [7, 11) is 0. The minimum absolute atomic E-state index is 0.0101. The Bertz CT molecular complexity index is 1900. The Morgan fingerprint density at radius 2 is 0.759 bits per heavy atom. The molecule has 0 saturated carbocycles. The van der Waals surface area contributed by atoms with E-state index in [1.807, 2.05) is 0 Å². The number of carboxylic acids is 1. The number of ether oxygens (including phenoxy) is 5. The molecule has 0 amide bonds. The average Bonchev–Trinajstić information content (AvgIpc) is 3.60. The van der Waals surface area contributed by atoms with Gasteiger partial charge in [-0.25, -0.2) is 4.79 Å². The highest BCUT2D eigenvalue weighted by atomic mass is 16.7. The molecule has 1 heterocycles. The minimum Gasteiger partial charge on any atom is -0.479 e. The molecule has 470 valence electrons. The number of aliphatic hydroxyl groups is 2. The molecule has 0 bridgehead atoms. The number of aliphatic carboxylic acids is 1. The van der Waals surface area contributed by atoms with E-state index in [0.29, 0.717) is 19.3 Å². The molecule has 0 radical (unpaired) electrons. The monoisotopic (exact) mass is 1160 g/mol. The van der Waals surface area contributed by atoms with Crippen molar-refractivity contribution in [3.8, 4) is 0 Å². The topological polar surface area (TPSA) is 175 Å². The number of unbranched alkanes of at least 4 members (excludes halogenated alkanes) is 20. The van der Waals surface area contributed by atoms with E-state index in [-0.39, 0.29) is 25.9 Å². The van der Waals surface area contributed by atoms with E-state index in [0.717, 1.165) is 109 Å². The van der Waals surface area contributed by atoms with Gasteiger partial charge in [0.2, 0.25) is 0 Å². The van der Waals surface area contributed by atoms with Gasteiger partial charge < -0.3 is 39.0 Å². The molecule has 0 aromatic heterocycles. The zero-order chi connectivity index (χ0) is 60.3. The van der Waals surface area contributed by atoms with Gasteiger partial charge >= 0.3 is 23.9 Å². The second-order valence-electron chi connectivity index (χ2n) is 21.6. The number of hydrogen-bond acceptors (Lipinski definition) is 11. The molecule has 0 aromatic carbocycles. The van der Waals surface area contributed by atoms with Crippen LogP contribution in [0.3, 0.4) is 0 Å². The van der Waals surface area contributed by atoms with Gasteiger partial charge in [-0.3, -0.25) is 14.4 Å². The number of rotatable bonds is 54.